The van der Waals surface area contributed by atoms with Gasteiger partial charge in [0.05, 0.1) is 0 Å². The standard InChI is InChI=1S/C15H25N3/c1-5-16-11(2)14-8-9-17-15(10-14)18(4)12(3)13-6-7-13/h8-13,16H,5-7H2,1-4H3. The molecular formula is C15H25N3. The molecule has 3 nitrogen and oxygen atoms in total. The molecule has 2 unspecified atom stereocenters. The summed E-state index contributed by atoms with van der Waals surface area (Å²) in [5, 5.41) is 3.45. The molecule has 0 amide bonds. The Morgan fingerprint density at radius 2 is 2.17 bits per heavy atom. The molecule has 0 spiro atoms. The lowest BCUT2D eigenvalue weighted by atomic mass is 10.1. The Hall–Kier alpha value is -1.09. The maximum absolute atomic E-state index is 4.51. The van der Waals surface area contributed by atoms with Gasteiger partial charge in [-0.25, -0.2) is 4.98 Å². The largest absolute Gasteiger partial charge is 0.357 e. The SMILES string of the molecule is CCNC(C)c1ccnc(N(C)C(C)C2CC2)c1. The van der Waals surface area contributed by atoms with Gasteiger partial charge < -0.3 is 10.2 Å². The van der Waals surface area contributed by atoms with E-state index in [-0.39, 0.29) is 0 Å². The molecule has 1 aliphatic carbocycles. The number of anilines is 1. The fourth-order valence-corrected chi connectivity index (χ4v) is 2.42. The maximum atomic E-state index is 4.51. The van der Waals surface area contributed by atoms with Crippen molar-refractivity contribution >= 4 is 5.82 Å². The summed E-state index contributed by atoms with van der Waals surface area (Å²) in [7, 11) is 2.16. The monoisotopic (exact) mass is 247 g/mol. The van der Waals surface area contributed by atoms with E-state index in [1.807, 2.05) is 6.20 Å². The van der Waals surface area contributed by atoms with Gasteiger partial charge in [0.25, 0.3) is 0 Å². The Morgan fingerprint density at radius 3 is 2.78 bits per heavy atom. The molecule has 0 bridgehead atoms. The Morgan fingerprint density at radius 1 is 1.44 bits per heavy atom. The quantitative estimate of drug-likeness (QED) is 0.837. The van der Waals surface area contributed by atoms with Gasteiger partial charge in [-0.3, -0.25) is 0 Å². The molecule has 0 saturated heterocycles. The van der Waals surface area contributed by atoms with Gasteiger partial charge in [0, 0.05) is 25.3 Å². The van der Waals surface area contributed by atoms with Crippen molar-refractivity contribution in [3.63, 3.8) is 0 Å². The van der Waals surface area contributed by atoms with E-state index in [1.165, 1.54) is 18.4 Å². The zero-order chi connectivity index (χ0) is 13.1. The number of pyridine rings is 1. The minimum absolute atomic E-state index is 0.390. The van der Waals surface area contributed by atoms with Crippen molar-refractivity contribution in [2.75, 3.05) is 18.5 Å². The predicted octanol–water partition coefficient (Wildman–Crippen LogP) is 2.99. The minimum atomic E-state index is 0.390. The van der Waals surface area contributed by atoms with Crippen LogP contribution in [0, 0.1) is 5.92 Å². The molecule has 1 saturated carbocycles. The Labute approximate surface area is 111 Å². The topological polar surface area (TPSA) is 28.2 Å². The first-order valence-electron chi connectivity index (χ1n) is 7.05. The fraction of sp³-hybridized carbons (Fsp3) is 0.667. The molecule has 1 aliphatic rings. The molecule has 0 radical (unpaired) electrons. The van der Waals surface area contributed by atoms with Crippen molar-refractivity contribution in [1.29, 1.82) is 0 Å². The van der Waals surface area contributed by atoms with E-state index in [2.05, 4.69) is 55.2 Å². The van der Waals surface area contributed by atoms with Gasteiger partial charge in [-0.15, -0.1) is 0 Å². The van der Waals surface area contributed by atoms with Gasteiger partial charge in [-0.1, -0.05) is 6.92 Å². The maximum Gasteiger partial charge on any atom is 0.128 e. The molecule has 1 aromatic heterocycles. The van der Waals surface area contributed by atoms with Crippen LogP contribution in [0.1, 0.15) is 45.2 Å². The lowest BCUT2D eigenvalue weighted by Gasteiger charge is -2.26. The van der Waals surface area contributed by atoms with Crippen molar-refractivity contribution < 1.29 is 0 Å². The van der Waals surface area contributed by atoms with Gasteiger partial charge in [-0.05, 0) is 56.8 Å². The third kappa shape index (κ3) is 3.02. The van der Waals surface area contributed by atoms with Crippen molar-refractivity contribution in [3.8, 4) is 0 Å². The van der Waals surface area contributed by atoms with E-state index in [0.29, 0.717) is 12.1 Å². The van der Waals surface area contributed by atoms with E-state index in [4.69, 9.17) is 0 Å². The van der Waals surface area contributed by atoms with E-state index < -0.39 is 0 Å². The number of nitrogens with zero attached hydrogens (tertiary/aromatic N) is 2. The van der Waals surface area contributed by atoms with Crippen LogP contribution in [0.3, 0.4) is 0 Å². The highest BCUT2D eigenvalue weighted by Gasteiger charge is 2.31. The summed E-state index contributed by atoms with van der Waals surface area (Å²) in [6.07, 6.45) is 4.67. The van der Waals surface area contributed by atoms with Crippen molar-refractivity contribution in [1.82, 2.24) is 10.3 Å². The van der Waals surface area contributed by atoms with Crippen LogP contribution in [0.25, 0.3) is 0 Å². The van der Waals surface area contributed by atoms with Crippen LogP contribution in [0.15, 0.2) is 18.3 Å². The zero-order valence-corrected chi connectivity index (χ0v) is 12.0. The predicted molar refractivity (Wildman–Crippen MR) is 76.9 cm³/mol. The zero-order valence-electron chi connectivity index (χ0n) is 12.0. The van der Waals surface area contributed by atoms with E-state index >= 15 is 0 Å². The van der Waals surface area contributed by atoms with Gasteiger partial charge in [-0.2, -0.15) is 0 Å². The molecule has 18 heavy (non-hydrogen) atoms. The van der Waals surface area contributed by atoms with Crippen molar-refractivity contribution in [2.24, 2.45) is 5.92 Å². The average molecular weight is 247 g/mol. The third-order valence-corrected chi connectivity index (χ3v) is 4.06. The molecule has 1 fully saturated rings. The molecular weight excluding hydrogens is 222 g/mol. The summed E-state index contributed by atoms with van der Waals surface area (Å²) in [5.74, 6) is 1.96. The number of nitrogens with one attached hydrogen (secondary N) is 1. The molecule has 0 aromatic carbocycles. The summed E-state index contributed by atoms with van der Waals surface area (Å²) in [5.41, 5.74) is 1.32. The molecule has 3 heteroatoms. The highest BCUT2D eigenvalue weighted by molar-refractivity contribution is 5.42. The first-order chi connectivity index (χ1) is 8.63. The number of hydrogen-bond donors (Lipinski definition) is 1. The molecule has 1 aromatic rings. The Kier molecular flexibility index (Phi) is 4.23. The van der Waals surface area contributed by atoms with E-state index in [1.54, 1.807) is 0 Å². The molecule has 0 aliphatic heterocycles. The highest BCUT2D eigenvalue weighted by Crippen LogP contribution is 2.36. The van der Waals surface area contributed by atoms with E-state index in [9.17, 15) is 0 Å². The Balaban J connectivity index is 2.10. The first kappa shape index (κ1) is 13.3. The highest BCUT2D eigenvalue weighted by atomic mass is 15.2. The summed E-state index contributed by atoms with van der Waals surface area (Å²) >= 11 is 0. The number of aromatic nitrogens is 1. The summed E-state index contributed by atoms with van der Waals surface area (Å²) in [4.78, 5) is 6.83. The van der Waals surface area contributed by atoms with Crippen molar-refractivity contribution in [3.05, 3.63) is 23.9 Å². The number of hydrogen-bond acceptors (Lipinski definition) is 3. The third-order valence-electron chi connectivity index (χ3n) is 4.06. The smallest absolute Gasteiger partial charge is 0.128 e. The summed E-state index contributed by atoms with van der Waals surface area (Å²) < 4.78 is 0. The molecule has 2 atom stereocenters. The van der Waals surface area contributed by atoms with Gasteiger partial charge >= 0.3 is 0 Å². The second kappa shape index (κ2) is 5.70. The molecule has 1 heterocycles. The lowest BCUT2D eigenvalue weighted by Crippen LogP contribution is -2.31. The van der Waals surface area contributed by atoms with Crippen LogP contribution in [-0.4, -0.2) is 24.6 Å². The average Bonchev–Trinajstić information content (AvgIpc) is 3.22. The van der Waals surface area contributed by atoms with Crippen LogP contribution >= 0.6 is 0 Å². The van der Waals surface area contributed by atoms with E-state index in [0.717, 1.165) is 18.3 Å². The minimum Gasteiger partial charge on any atom is -0.357 e. The van der Waals surface area contributed by atoms with Gasteiger partial charge in [0.1, 0.15) is 5.82 Å². The van der Waals surface area contributed by atoms with Crippen LogP contribution in [0.5, 0.6) is 0 Å². The van der Waals surface area contributed by atoms with Gasteiger partial charge in [0.15, 0.2) is 0 Å². The molecule has 1 N–H and O–H groups in total. The first-order valence-corrected chi connectivity index (χ1v) is 7.05. The Bertz CT molecular complexity index is 387. The lowest BCUT2D eigenvalue weighted by molar-refractivity contribution is 0.590. The normalized spacial score (nSPS) is 18.4. The molecule has 100 valence electrons. The van der Waals surface area contributed by atoms with Crippen LogP contribution < -0.4 is 10.2 Å². The van der Waals surface area contributed by atoms with Gasteiger partial charge in [0.2, 0.25) is 0 Å². The second-order valence-electron chi connectivity index (χ2n) is 5.42. The summed E-state index contributed by atoms with van der Waals surface area (Å²) in [6, 6.07) is 5.31. The van der Waals surface area contributed by atoms with Crippen LogP contribution in [-0.2, 0) is 0 Å². The van der Waals surface area contributed by atoms with Crippen LogP contribution in [0.4, 0.5) is 5.82 Å². The second-order valence-corrected chi connectivity index (χ2v) is 5.42. The fourth-order valence-electron chi connectivity index (χ4n) is 2.42. The number of rotatable bonds is 6. The molecule has 2 rings (SSSR count). The van der Waals surface area contributed by atoms with Crippen LogP contribution in [0.2, 0.25) is 0 Å². The van der Waals surface area contributed by atoms with Crippen molar-refractivity contribution in [2.45, 2.75) is 45.7 Å². The summed E-state index contributed by atoms with van der Waals surface area (Å²) in [6.45, 7) is 7.64.